The zero-order valence-corrected chi connectivity index (χ0v) is 27.2. The Bertz CT molecular complexity index is 1080. The van der Waals surface area contributed by atoms with Crippen LogP contribution in [0.1, 0.15) is 69.2 Å². The number of ether oxygens (including phenoxy) is 1. The Labute approximate surface area is 239 Å². The molecule has 2 N–H and O–H groups in total. The van der Waals surface area contributed by atoms with E-state index >= 15 is 0 Å². The van der Waals surface area contributed by atoms with Crippen molar-refractivity contribution in [3.05, 3.63) is 0 Å². The van der Waals surface area contributed by atoms with E-state index in [-0.39, 0.29) is 46.5 Å². The molecule has 0 spiro atoms. The fraction of sp³-hybridized carbons (Fsp3) is 0.808. The van der Waals surface area contributed by atoms with Crippen molar-refractivity contribution >= 4 is 47.1 Å². The van der Waals surface area contributed by atoms with E-state index in [0.717, 1.165) is 0 Å². The molecule has 0 aromatic heterocycles. The molecule has 14 heteroatoms. The van der Waals surface area contributed by atoms with Gasteiger partial charge in [-0.25, -0.2) is 0 Å². The number of nitrogens with zero attached hydrogens (tertiary/aromatic N) is 4. The number of aliphatic imine (C=N–C) groups is 3. The normalized spacial score (nSPS) is 32.5. The second-order valence-corrected chi connectivity index (χ2v) is 21.4. The molecule has 12 nitrogen and oxygen atoms in total. The van der Waals surface area contributed by atoms with E-state index in [2.05, 4.69) is 75.7 Å². The molecule has 0 aliphatic carbocycles. The lowest BCUT2D eigenvalue weighted by molar-refractivity contribution is -0.120. The molecule has 0 saturated carbocycles. The zero-order chi connectivity index (χ0) is 29.7. The van der Waals surface area contributed by atoms with E-state index in [9.17, 15) is 14.7 Å². The Balaban J connectivity index is 1.70. The topological polar surface area (TPSA) is 144 Å². The Morgan fingerprint density at radius 2 is 1.65 bits per heavy atom. The SMILES string of the molecule is CC(C)C(=O)N=C1N=C2C(N=CN2[C@@H]2O[C@@H]3CO[Si](C(C)C)(C(C)C)O[Si](C(C)C)(C(C)C)O[C@H]3[C@H]2O)C(=O)N1. The van der Waals surface area contributed by atoms with Crippen LogP contribution in [0.2, 0.25) is 22.2 Å². The lowest BCUT2D eigenvalue weighted by Crippen LogP contribution is -2.66. The van der Waals surface area contributed by atoms with Gasteiger partial charge in [0.25, 0.3) is 11.8 Å². The van der Waals surface area contributed by atoms with Crippen molar-refractivity contribution in [1.29, 1.82) is 0 Å². The summed E-state index contributed by atoms with van der Waals surface area (Å²) in [7, 11) is -5.75. The van der Waals surface area contributed by atoms with E-state index in [0.29, 0.717) is 0 Å². The molecule has 2 saturated heterocycles. The van der Waals surface area contributed by atoms with Crippen LogP contribution in [-0.4, -0.2) is 94.3 Å². The average Bonchev–Trinajstić information content (AvgIpc) is 3.39. The number of amides is 2. The van der Waals surface area contributed by atoms with Crippen LogP contribution >= 0.6 is 0 Å². The van der Waals surface area contributed by atoms with Crippen LogP contribution in [0.25, 0.3) is 0 Å². The number of nitrogens with one attached hydrogen (secondary N) is 1. The van der Waals surface area contributed by atoms with Crippen LogP contribution in [0.15, 0.2) is 15.0 Å². The smallest absolute Gasteiger partial charge is 0.335 e. The Hall–Kier alpha value is -1.82. The average molecular weight is 596 g/mol. The first-order valence-corrected chi connectivity index (χ1v) is 18.3. The number of carbonyl (C=O) groups is 2. The first kappa shape index (κ1) is 31.1. The highest BCUT2D eigenvalue weighted by atomic mass is 28.5. The largest absolute Gasteiger partial charge is 0.414 e. The Morgan fingerprint density at radius 1 is 1.05 bits per heavy atom. The maximum atomic E-state index is 12.8. The van der Waals surface area contributed by atoms with Gasteiger partial charge in [-0.15, -0.1) is 0 Å². The minimum absolute atomic E-state index is 0.0897. The van der Waals surface area contributed by atoms with Gasteiger partial charge < -0.3 is 22.8 Å². The third kappa shape index (κ3) is 5.27. The van der Waals surface area contributed by atoms with Crippen LogP contribution in [0.3, 0.4) is 0 Å². The molecule has 5 atom stereocenters. The summed E-state index contributed by atoms with van der Waals surface area (Å²) in [4.78, 5) is 39.2. The second kappa shape index (κ2) is 11.5. The number of carbonyl (C=O) groups excluding carboxylic acids is 2. The fourth-order valence-electron chi connectivity index (χ4n) is 5.87. The zero-order valence-electron chi connectivity index (χ0n) is 25.2. The molecule has 4 heterocycles. The van der Waals surface area contributed by atoms with Crippen LogP contribution in [0.5, 0.6) is 0 Å². The van der Waals surface area contributed by atoms with E-state index in [1.807, 2.05) is 0 Å². The lowest BCUT2D eigenvalue weighted by atomic mass is 10.1. The molecule has 4 aliphatic heterocycles. The number of aliphatic hydroxyl groups is 1. The van der Waals surface area contributed by atoms with Gasteiger partial charge in [0.1, 0.15) is 18.3 Å². The summed E-state index contributed by atoms with van der Waals surface area (Å²) in [5.41, 5.74) is 0.526. The predicted octanol–water partition coefficient (Wildman–Crippen LogP) is 2.81. The molecule has 4 rings (SSSR count). The fourth-order valence-corrected chi connectivity index (χ4v) is 17.1. The summed E-state index contributed by atoms with van der Waals surface area (Å²) >= 11 is 0. The van der Waals surface area contributed by atoms with Crippen LogP contribution in [-0.2, 0) is 27.3 Å². The Morgan fingerprint density at radius 3 is 2.20 bits per heavy atom. The quantitative estimate of drug-likeness (QED) is 0.446. The molecule has 4 aliphatic rings. The maximum Gasteiger partial charge on any atom is 0.335 e. The molecular weight excluding hydrogens is 550 g/mol. The van der Waals surface area contributed by atoms with E-state index in [1.54, 1.807) is 18.7 Å². The van der Waals surface area contributed by atoms with Crippen LogP contribution in [0.4, 0.5) is 0 Å². The van der Waals surface area contributed by atoms with E-state index < -0.39 is 59.5 Å². The Kier molecular flexibility index (Phi) is 8.92. The van der Waals surface area contributed by atoms with Gasteiger partial charge in [-0.1, -0.05) is 69.2 Å². The minimum atomic E-state index is -2.97. The number of fused-ring (bicyclic) bond motifs is 2. The second-order valence-electron chi connectivity index (χ2n) is 12.6. The molecule has 0 radical (unpaired) electrons. The highest BCUT2D eigenvalue weighted by molar-refractivity contribution is 6.84. The van der Waals surface area contributed by atoms with E-state index in [4.69, 9.17) is 17.7 Å². The number of amidine groups is 1. The number of rotatable bonds is 6. The molecule has 0 aromatic rings. The number of guanidine groups is 1. The van der Waals surface area contributed by atoms with Crippen LogP contribution < -0.4 is 5.32 Å². The molecule has 0 bridgehead atoms. The molecule has 1 unspecified atom stereocenters. The van der Waals surface area contributed by atoms with Crippen molar-refractivity contribution < 1.29 is 32.4 Å². The lowest BCUT2D eigenvalue weighted by Gasteiger charge is -2.51. The van der Waals surface area contributed by atoms with Crippen molar-refractivity contribution in [3.63, 3.8) is 0 Å². The molecule has 2 fully saturated rings. The van der Waals surface area contributed by atoms with Gasteiger partial charge in [-0.05, 0) is 22.2 Å². The van der Waals surface area contributed by atoms with Gasteiger partial charge in [0.05, 0.1) is 12.9 Å². The van der Waals surface area contributed by atoms with Crippen molar-refractivity contribution in [2.75, 3.05) is 6.61 Å². The van der Waals surface area contributed by atoms with Crippen molar-refractivity contribution in [2.45, 2.75) is 122 Å². The monoisotopic (exact) mass is 595 g/mol. The van der Waals surface area contributed by atoms with Gasteiger partial charge in [0, 0.05) is 5.92 Å². The molecular formula is C26H45N5O7Si2. The number of aliphatic hydroxyl groups excluding tert-OH is 1. The first-order chi connectivity index (χ1) is 18.6. The van der Waals surface area contributed by atoms with Gasteiger partial charge in [-0.3, -0.25) is 24.8 Å². The van der Waals surface area contributed by atoms with Gasteiger partial charge >= 0.3 is 17.1 Å². The summed E-state index contributed by atoms with van der Waals surface area (Å²) in [6.07, 6.45) is -1.88. The predicted molar refractivity (Wildman–Crippen MR) is 155 cm³/mol. The van der Waals surface area contributed by atoms with Gasteiger partial charge in [-0.2, -0.15) is 9.98 Å². The van der Waals surface area contributed by atoms with Crippen molar-refractivity contribution in [2.24, 2.45) is 20.9 Å². The maximum absolute atomic E-state index is 12.8. The minimum Gasteiger partial charge on any atom is -0.414 e. The van der Waals surface area contributed by atoms with Gasteiger partial charge in [0.15, 0.2) is 18.1 Å². The highest BCUT2D eigenvalue weighted by Gasteiger charge is 2.62. The number of hydrogen-bond acceptors (Lipinski definition) is 9. The summed E-state index contributed by atoms with van der Waals surface area (Å²) < 4.78 is 27.4. The summed E-state index contributed by atoms with van der Waals surface area (Å²) in [6, 6.07) is -0.931. The van der Waals surface area contributed by atoms with Crippen LogP contribution in [0, 0.1) is 5.92 Å². The molecule has 40 heavy (non-hydrogen) atoms. The highest BCUT2D eigenvalue weighted by Crippen LogP contribution is 2.47. The standard InChI is InChI=1S/C26H45N5O7Si2/c1-13(2)23(33)29-26-28-22-19(24(34)30-26)27-12-31(22)25-20(32)21-18(36-25)11-35-39(14(3)4,15(5)6)38-40(37-21,16(7)8)17(9)10/h12-21,25,32H,11H2,1-10H3,(H,29,30,33,34)/t18-,19?,20-,21-,25-/m1/s1. The number of hydrogen-bond donors (Lipinski definition) is 2. The van der Waals surface area contributed by atoms with Crippen molar-refractivity contribution in [1.82, 2.24) is 10.2 Å². The first-order valence-electron chi connectivity index (χ1n) is 14.3. The van der Waals surface area contributed by atoms with Gasteiger partial charge in [0.2, 0.25) is 5.96 Å². The van der Waals surface area contributed by atoms with Crippen molar-refractivity contribution in [3.8, 4) is 0 Å². The third-order valence-electron chi connectivity index (χ3n) is 8.18. The summed E-state index contributed by atoms with van der Waals surface area (Å²) in [6.45, 7) is 20.7. The third-order valence-corrected chi connectivity index (χ3v) is 18.4. The molecule has 0 aromatic carbocycles. The molecule has 224 valence electrons. The summed E-state index contributed by atoms with van der Waals surface area (Å²) in [5.74, 6) is -1.09. The van der Waals surface area contributed by atoms with E-state index in [1.165, 1.54) is 6.34 Å². The summed E-state index contributed by atoms with van der Waals surface area (Å²) in [5, 5.41) is 14.2. The molecule has 2 amide bonds.